The standard InChI is InChI=1S/C9H8ClNO3/c10-8-3-1-2-7(4-8)5-11-14-6-9(12)13/h1-5H,6H2,(H,12,13)/b11-5+. The molecule has 0 saturated carbocycles. The normalized spacial score (nSPS) is 10.4. The van der Waals surface area contributed by atoms with Gasteiger partial charge in [-0.15, -0.1) is 0 Å². The van der Waals surface area contributed by atoms with Gasteiger partial charge < -0.3 is 9.94 Å². The summed E-state index contributed by atoms with van der Waals surface area (Å²) in [4.78, 5) is 14.5. The van der Waals surface area contributed by atoms with E-state index in [0.29, 0.717) is 5.02 Å². The summed E-state index contributed by atoms with van der Waals surface area (Å²) in [6.45, 7) is -0.447. The van der Waals surface area contributed by atoms with Crippen LogP contribution in [0.15, 0.2) is 29.4 Å². The van der Waals surface area contributed by atoms with Crippen molar-refractivity contribution in [3.05, 3.63) is 34.9 Å². The molecule has 1 rings (SSSR count). The fraction of sp³-hybridized carbons (Fsp3) is 0.111. The third-order valence-electron chi connectivity index (χ3n) is 1.31. The highest BCUT2D eigenvalue weighted by Crippen LogP contribution is 2.08. The van der Waals surface area contributed by atoms with Crippen LogP contribution in [0.5, 0.6) is 0 Å². The Balaban J connectivity index is 2.47. The molecule has 0 saturated heterocycles. The van der Waals surface area contributed by atoms with Crippen LogP contribution >= 0.6 is 11.6 Å². The van der Waals surface area contributed by atoms with E-state index in [4.69, 9.17) is 16.7 Å². The zero-order chi connectivity index (χ0) is 10.4. The van der Waals surface area contributed by atoms with Crippen molar-refractivity contribution < 1.29 is 14.7 Å². The number of oxime groups is 1. The van der Waals surface area contributed by atoms with Gasteiger partial charge in [0.2, 0.25) is 6.61 Å². The van der Waals surface area contributed by atoms with Gasteiger partial charge in [-0.2, -0.15) is 0 Å². The number of carboxylic acid groups (broad SMARTS) is 1. The lowest BCUT2D eigenvalue weighted by atomic mass is 10.2. The Kier molecular flexibility index (Phi) is 3.94. The van der Waals surface area contributed by atoms with E-state index in [1.807, 2.05) is 0 Å². The Morgan fingerprint density at radius 3 is 3.07 bits per heavy atom. The van der Waals surface area contributed by atoms with Crippen LogP contribution in [0.2, 0.25) is 5.02 Å². The average Bonchev–Trinajstić information content (AvgIpc) is 2.12. The number of carbonyl (C=O) groups is 1. The molecule has 0 aromatic heterocycles. The van der Waals surface area contributed by atoms with Crippen molar-refractivity contribution in [2.45, 2.75) is 0 Å². The molecule has 0 atom stereocenters. The number of aliphatic carboxylic acids is 1. The van der Waals surface area contributed by atoms with Gasteiger partial charge in [-0.3, -0.25) is 0 Å². The first kappa shape index (κ1) is 10.5. The Labute approximate surface area is 85.7 Å². The molecule has 0 fully saturated rings. The first-order valence-electron chi connectivity index (χ1n) is 3.81. The van der Waals surface area contributed by atoms with Crippen LogP contribution in [0, 0.1) is 0 Å². The molecule has 1 aromatic carbocycles. The zero-order valence-corrected chi connectivity index (χ0v) is 7.94. The highest BCUT2D eigenvalue weighted by atomic mass is 35.5. The van der Waals surface area contributed by atoms with Crippen LogP contribution in [-0.2, 0) is 9.63 Å². The van der Waals surface area contributed by atoms with E-state index in [2.05, 4.69) is 9.99 Å². The Bertz CT molecular complexity index is 352. The van der Waals surface area contributed by atoms with Crippen LogP contribution < -0.4 is 0 Å². The maximum absolute atomic E-state index is 10.0. The van der Waals surface area contributed by atoms with Crippen LogP contribution in [0.25, 0.3) is 0 Å². The molecule has 4 nitrogen and oxygen atoms in total. The van der Waals surface area contributed by atoms with Crippen LogP contribution in [0.3, 0.4) is 0 Å². The van der Waals surface area contributed by atoms with Gasteiger partial charge in [-0.1, -0.05) is 28.9 Å². The van der Waals surface area contributed by atoms with Gasteiger partial charge in [0.1, 0.15) is 0 Å². The van der Waals surface area contributed by atoms with Gasteiger partial charge in [0.15, 0.2) is 0 Å². The second-order valence-electron chi connectivity index (χ2n) is 2.46. The predicted octanol–water partition coefficient (Wildman–Crippen LogP) is 1.78. The molecule has 1 aromatic rings. The SMILES string of the molecule is O=C(O)CO/N=C/c1cccc(Cl)c1. The van der Waals surface area contributed by atoms with Gasteiger partial charge in [0.25, 0.3) is 0 Å². The van der Waals surface area contributed by atoms with Crippen molar-refractivity contribution in [1.82, 2.24) is 0 Å². The van der Waals surface area contributed by atoms with Crippen molar-refractivity contribution in [3.63, 3.8) is 0 Å². The van der Waals surface area contributed by atoms with Crippen molar-refractivity contribution in [2.24, 2.45) is 5.16 Å². The maximum Gasteiger partial charge on any atom is 0.344 e. The van der Waals surface area contributed by atoms with E-state index in [0.717, 1.165) is 5.56 Å². The zero-order valence-electron chi connectivity index (χ0n) is 7.18. The van der Waals surface area contributed by atoms with E-state index < -0.39 is 12.6 Å². The quantitative estimate of drug-likeness (QED) is 0.613. The fourth-order valence-electron chi connectivity index (χ4n) is 0.778. The fourth-order valence-corrected chi connectivity index (χ4v) is 0.976. The summed E-state index contributed by atoms with van der Waals surface area (Å²) >= 11 is 5.71. The molecule has 0 aliphatic carbocycles. The Hall–Kier alpha value is -1.55. The summed E-state index contributed by atoms with van der Waals surface area (Å²) in [5, 5.41) is 12.3. The lowest BCUT2D eigenvalue weighted by Gasteiger charge is -1.94. The van der Waals surface area contributed by atoms with Gasteiger partial charge in [0.05, 0.1) is 6.21 Å². The topological polar surface area (TPSA) is 58.9 Å². The number of halogens is 1. The molecule has 0 amide bonds. The van der Waals surface area contributed by atoms with Crippen molar-refractivity contribution in [3.8, 4) is 0 Å². The van der Waals surface area contributed by atoms with Crippen LogP contribution in [-0.4, -0.2) is 23.9 Å². The lowest BCUT2D eigenvalue weighted by molar-refractivity contribution is -0.142. The summed E-state index contributed by atoms with van der Waals surface area (Å²) in [7, 11) is 0. The number of hydrogen-bond donors (Lipinski definition) is 1. The van der Waals surface area contributed by atoms with E-state index >= 15 is 0 Å². The molecule has 0 heterocycles. The average molecular weight is 214 g/mol. The number of carboxylic acids is 1. The number of rotatable bonds is 4. The molecule has 0 unspecified atom stereocenters. The molecular weight excluding hydrogens is 206 g/mol. The summed E-state index contributed by atoms with van der Waals surface area (Å²) < 4.78 is 0. The third-order valence-corrected chi connectivity index (χ3v) is 1.55. The van der Waals surface area contributed by atoms with Crippen molar-refractivity contribution in [2.75, 3.05) is 6.61 Å². The molecule has 0 aliphatic heterocycles. The van der Waals surface area contributed by atoms with Gasteiger partial charge >= 0.3 is 5.97 Å². The highest BCUT2D eigenvalue weighted by molar-refractivity contribution is 6.30. The first-order valence-corrected chi connectivity index (χ1v) is 4.19. The Morgan fingerprint density at radius 2 is 2.43 bits per heavy atom. The molecule has 0 spiro atoms. The van der Waals surface area contributed by atoms with Gasteiger partial charge in [-0.25, -0.2) is 4.79 Å². The summed E-state index contributed by atoms with van der Waals surface area (Å²) in [6.07, 6.45) is 1.40. The van der Waals surface area contributed by atoms with E-state index in [1.54, 1.807) is 24.3 Å². The van der Waals surface area contributed by atoms with Crippen LogP contribution in [0.4, 0.5) is 0 Å². The van der Waals surface area contributed by atoms with Crippen LogP contribution in [0.1, 0.15) is 5.56 Å². The molecule has 1 N–H and O–H groups in total. The van der Waals surface area contributed by atoms with E-state index in [1.165, 1.54) is 6.21 Å². The minimum Gasteiger partial charge on any atom is -0.479 e. The molecule has 0 radical (unpaired) electrons. The molecule has 74 valence electrons. The summed E-state index contributed by atoms with van der Waals surface area (Å²) in [5.41, 5.74) is 0.753. The predicted molar refractivity (Wildman–Crippen MR) is 52.6 cm³/mol. The molecular formula is C9H8ClNO3. The van der Waals surface area contributed by atoms with E-state index in [9.17, 15) is 4.79 Å². The number of benzene rings is 1. The minimum atomic E-state index is -1.06. The highest BCUT2D eigenvalue weighted by Gasteiger charge is 1.93. The minimum absolute atomic E-state index is 0.447. The summed E-state index contributed by atoms with van der Waals surface area (Å²) in [6, 6.07) is 6.96. The largest absolute Gasteiger partial charge is 0.479 e. The number of hydrogen-bond acceptors (Lipinski definition) is 3. The summed E-state index contributed by atoms with van der Waals surface area (Å²) in [5.74, 6) is -1.06. The molecule has 0 bridgehead atoms. The molecule has 0 aliphatic rings. The van der Waals surface area contributed by atoms with Crippen molar-refractivity contribution >= 4 is 23.8 Å². The third kappa shape index (κ3) is 3.91. The van der Waals surface area contributed by atoms with Gasteiger partial charge in [-0.05, 0) is 17.7 Å². The van der Waals surface area contributed by atoms with E-state index in [-0.39, 0.29) is 0 Å². The molecule has 14 heavy (non-hydrogen) atoms. The van der Waals surface area contributed by atoms with Gasteiger partial charge in [0, 0.05) is 5.02 Å². The Morgan fingerprint density at radius 1 is 1.64 bits per heavy atom. The second-order valence-corrected chi connectivity index (χ2v) is 2.89. The lowest BCUT2D eigenvalue weighted by Crippen LogP contribution is -2.03. The monoisotopic (exact) mass is 213 g/mol. The van der Waals surface area contributed by atoms with Crippen molar-refractivity contribution in [1.29, 1.82) is 0 Å². The second kappa shape index (κ2) is 5.24. The number of nitrogens with zero attached hydrogens (tertiary/aromatic N) is 1. The smallest absolute Gasteiger partial charge is 0.344 e. The first-order chi connectivity index (χ1) is 6.68. The molecule has 5 heteroatoms. The maximum atomic E-state index is 10.0.